The predicted molar refractivity (Wildman–Crippen MR) is 89.1 cm³/mol. The van der Waals surface area contributed by atoms with E-state index in [1.54, 1.807) is 6.07 Å². The van der Waals surface area contributed by atoms with E-state index in [4.69, 9.17) is 10.2 Å². The molecular formula is C18H30O4. The molecule has 1 rings (SSSR count). The van der Waals surface area contributed by atoms with Crippen molar-refractivity contribution < 1.29 is 20.1 Å². The Morgan fingerprint density at radius 2 is 1.55 bits per heavy atom. The van der Waals surface area contributed by atoms with Gasteiger partial charge in [-0.2, -0.15) is 0 Å². The number of unbranched alkanes of at least 4 members (excludes halogenated alkanes) is 6. The molecule has 0 bridgehead atoms. The van der Waals surface area contributed by atoms with Crippen LogP contribution in [0.5, 0.6) is 5.75 Å². The third kappa shape index (κ3) is 11.1. The number of carboxylic acid groups (broad SMARTS) is 1. The maximum absolute atomic E-state index is 9.58. The number of aliphatic hydroxyl groups is 1. The molecule has 1 unspecified atom stereocenters. The Hall–Kier alpha value is -1.55. The van der Waals surface area contributed by atoms with Crippen molar-refractivity contribution in [1.82, 2.24) is 0 Å². The topological polar surface area (TPSA) is 77.8 Å². The highest BCUT2D eigenvalue weighted by molar-refractivity contribution is 5.71. The summed E-state index contributed by atoms with van der Waals surface area (Å²) in [6.45, 7) is 3.44. The first-order valence-corrected chi connectivity index (χ1v) is 8.16. The Balaban J connectivity index is 0.000000626. The normalized spacial score (nSPS) is 11.4. The number of phenols is 1. The number of carboxylic acids is 1. The number of hydrogen-bond acceptors (Lipinski definition) is 3. The van der Waals surface area contributed by atoms with E-state index in [1.807, 2.05) is 18.2 Å². The number of phenolic OH excluding ortho intramolecular Hbond substituents is 1. The van der Waals surface area contributed by atoms with Gasteiger partial charge in [-0.15, -0.1) is 0 Å². The summed E-state index contributed by atoms with van der Waals surface area (Å²) in [7, 11) is 0. The van der Waals surface area contributed by atoms with Gasteiger partial charge in [0, 0.05) is 0 Å². The van der Waals surface area contributed by atoms with Crippen molar-refractivity contribution >= 4 is 5.97 Å². The molecule has 1 aromatic carbocycles. The molecule has 0 saturated heterocycles. The zero-order chi connectivity index (χ0) is 16.8. The van der Waals surface area contributed by atoms with Crippen molar-refractivity contribution in [2.45, 2.75) is 71.3 Å². The van der Waals surface area contributed by atoms with Gasteiger partial charge in [-0.1, -0.05) is 63.6 Å². The number of carbonyl (C=O) groups is 1. The van der Waals surface area contributed by atoms with E-state index >= 15 is 0 Å². The minimum Gasteiger partial charge on any atom is -0.508 e. The molecule has 0 aliphatic rings. The standard InChI is InChI=1S/C15H24O.C3H6O3/c1-2-3-4-5-6-7-8-11-14-12-9-10-13-15(14)16;1-2(4)3(5)6/h9-10,12-13,16H,2-8,11H2,1H3;2,4H,1H3,(H,5,6). The molecule has 4 heteroatoms. The van der Waals surface area contributed by atoms with Crippen molar-refractivity contribution in [2.24, 2.45) is 0 Å². The predicted octanol–water partition coefficient (Wildman–Crippen LogP) is 4.14. The van der Waals surface area contributed by atoms with Crippen LogP contribution in [0, 0.1) is 0 Å². The summed E-state index contributed by atoms with van der Waals surface area (Å²) in [5, 5.41) is 25.4. The molecule has 4 nitrogen and oxygen atoms in total. The highest BCUT2D eigenvalue weighted by Crippen LogP contribution is 2.18. The molecule has 0 fully saturated rings. The minimum atomic E-state index is -1.23. The Morgan fingerprint density at radius 1 is 1.05 bits per heavy atom. The molecule has 1 atom stereocenters. The van der Waals surface area contributed by atoms with Gasteiger partial charge in [-0.3, -0.25) is 0 Å². The number of para-hydroxylation sites is 1. The summed E-state index contributed by atoms with van der Waals surface area (Å²) in [6.07, 6.45) is 9.06. The molecule has 126 valence electrons. The second kappa shape index (κ2) is 13.1. The van der Waals surface area contributed by atoms with Crippen LogP contribution in [0.4, 0.5) is 0 Å². The van der Waals surface area contributed by atoms with E-state index in [0.717, 1.165) is 12.0 Å². The van der Waals surface area contributed by atoms with Gasteiger partial charge in [-0.05, 0) is 31.4 Å². The maximum Gasteiger partial charge on any atom is 0.332 e. The van der Waals surface area contributed by atoms with Gasteiger partial charge in [0.2, 0.25) is 0 Å². The van der Waals surface area contributed by atoms with Crippen molar-refractivity contribution in [2.75, 3.05) is 0 Å². The Morgan fingerprint density at radius 3 is 2.05 bits per heavy atom. The molecular weight excluding hydrogens is 280 g/mol. The summed E-state index contributed by atoms with van der Waals surface area (Å²) >= 11 is 0. The van der Waals surface area contributed by atoms with Crippen molar-refractivity contribution in [1.29, 1.82) is 0 Å². The van der Waals surface area contributed by atoms with Crippen LogP contribution in [0.2, 0.25) is 0 Å². The van der Waals surface area contributed by atoms with E-state index in [9.17, 15) is 9.90 Å². The molecule has 0 radical (unpaired) electrons. The minimum absolute atomic E-state index is 0.452. The van der Waals surface area contributed by atoms with E-state index in [0.29, 0.717) is 5.75 Å². The molecule has 3 N–H and O–H groups in total. The van der Waals surface area contributed by atoms with Gasteiger partial charge < -0.3 is 15.3 Å². The van der Waals surface area contributed by atoms with Crippen molar-refractivity contribution in [3.8, 4) is 5.75 Å². The molecule has 0 aliphatic heterocycles. The number of aliphatic carboxylic acids is 1. The quantitative estimate of drug-likeness (QED) is 0.599. The van der Waals surface area contributed by atoms with E-state index in [2.05, 4.69) is 6.92 Å². The first kappa shape index (κ1) is 20.5. The van der Waals surface area contributed by atoms with Gasteiger partial charge >= 0.3 is 5.97 Å². The Kier molecular flexibility index (Phi) is 12.2. The maximum atomic E-state index is 9.58. The van der Waals surface area contributed by atoms with Gasteiger partial charge in [0.25, 0.3) is 0 Å². The fourth-order valence-corrected chi connectivity index (χ4v) is 1.99. The summed E-state index contributed by atoms with van der Waals surface area (Å²) in [5.41, 5.74) is 1.09. The average Bonchev–Trinajstić information content (AvgIpc) is 2.48. The lowest BCUT2D eigenvalue weighted by molar-refractivity contribution is -0.145. The number of rotatable bonds is 9. The van der Waals surface area contributed by atoms with Crippen LogP contribution < -0.4 is 0 Å². The lowest BCUT2D eigenvalue weighted by Crippen LogP contribution is -2.13. The number of benzene rings is 1. The molecule has 0 spiro atoms. The largest absolute Gasteiger partial charge is 0.508 e. The smallest absolute Gasteiger partial charge is 0.332 e. The molecule has 0 heterocycles. The second-order valence-corrected chi connectivity index (χ2v) is 5.51. The highest BCUT2D eigenvalue weighted by atomic mass is 16.4. The zero-order valence-electron chi connectivity index (χ0n) is 13.8. The number of aromatic hydroxyl groups is 1. The van der Waals surface area contributed by atoms with Gasteiger partial charge in [0.1, 0.15) is 11.9 Å². The number of hydrogen-bond donors (Lipinski definition) is 3. The first-order chi connectivity index (χ1) is 10.5. The lowest BCUT2D eigenvalue weighted by atomic mass is 10.0. The van der Waals surface area contributed by atoms with E-state index < -0.39 is 12.1 Å². The first-order valence-electron chi connectivity index (χ1n) is 8.16. The molecule has 0 aromatic heterocycles. The van der Waals surface area contributed by atoms with Crippen LogP contribution in [0.3, 0.4) is 0 Å². The third-order valence-corrected chi connectivity index (χ3v) is 3.40. The zero-order valence-corrected chi connectivity index (χ0v) is 13.8. The fraction of sp³-hybridized carbons (Fsp3) is 0.611. The van der Waals surface area contributed by atoms with Crippen molar-refractivity contribution in [3.05, 3.63) is 29.8 Å². The highest BCUT2D eigenvalue weighted by Gasteiger charge is 2.01. The summed E-state index contributed by atoms with van der Waals surface area (Å²) in [6, 6.07) is 7.67. The van der Waals surface area contributed by atoms with Gasteiger partial charge in [-0.25, -0.2) is 4.79 Å². The van der Waals surface area contributed by atoms with Crippen molar-refractivity contribution in [3.63, 3.8) is 0 Å². The third-order valence-electron chi connectivity index (χ3n) is 3.40. The fourth-order valence-electron chi connectivity index (χ4n) is 1.99. The van der Waals surface area contributed by atoms with E-state index in [-0.39, 0.29) is 0 Å². The van der Waals surface area contributed by atoms with Gasteiger partial charge in [0.15, 0.2) is 0 Å². The van der Waals surface area contributed by atoms with Crippen LogP contribution in [0.25, 0.3) is 0 Å². The van der Waals surface area contributed by atoms with Crippen LogP contribution in [0.1, 0.15) is 64.4 Å². The van der Waals surface area contributed by atoms with Gasteiger partial charge in [0.05, 0.1) is 0 Å². The Bertz CT molecular complexity index is 402. The number of aliphatic hydroxyl groups excluding tert-OH is 1. The monoisotopic (exact) mass is 310 g/mol. The Labute approximate surface area is 133 Å². The number of aryl methyl sites for hydroxylation is 1. The molecule has 0 aliphatic carbocycles. The van der Waals surface area contributed by atoms with Crippen LogP contribution in [0.15, 0.2) is 24.3 Å². The average molecular weight is 310 g/mol. The summed E-state index contributed by atoms with van der Waals surface area (Å²) < 4.78 is 0. The second-order valence-electron chi connectivity index (χ2n) is 5.51. The van der Waals surface area contributed by atoms with E-state index in [1.165, 1.54) is 51.9 Å². The molecule has 0 saturated carbocycles. The van der Waals surface area contributed by atoms with Crippen LogP contribution in [-0.2, 0) is 11.2 Å². The molecule has 22 heavy (non-hydrogen) atoms. The summed E-state index contributed by atoms with van der Waals surface area (Å²) in [4.78, 5) is 9.45. The van der Waals surface area contributed by atoms with Crippen LogP contribution >= 0.6 is 0 Å². The summed E-state index contributed by atoms with van der Waals surface area (Å²) in [5.74, 6) is -0.733. The molecule has 0 amide bonds. The lowest BCUT2D eigenvalue weighted by Gasteiger charge is -2.04. The SMILES string of the molecule is CC(O)C(=O)O.CCCCCCCCCc1ccccc1O. The van der Waals surface area contributed by atoms with Crippen LogP contribution in [-0.4, -0.2) is 27.4 Å². The molecule has 1 aromatic rings.